The van der Waals surface area contributed by atoms with Crippen molar-refractivity contribution in [3.8, 4) is 11.4 Å². The summed E-state index contributed by atoms with van der Waals surface area (Å²) in [7, 11) is 0. The molecule has 0 bridgehead atoms. The van der Waals surface area contributed by atoms with Crippen LogP contribution in [0.25, 0.3) is 22.6 Å². The van der Waals surface area contributed by atoms with Crippen molar-refractivity contribution in [1.29, 1.82) is 0 Å². The summed E-state index contributed by atoms with van der Waals surface area (Å²) in [5.41, 5.74) is 1.63. The number of H-pyrrole nitrogens is 1. The lowest BCUT2D eigenvalue weighted by molar-refractivity contribution is 0.0699. The lowest BCUT2D eigenvalue weighted by Gasteiger charge is -1.99. The van der Waals surface area contributed by atoms with Crippen molar-refractivity contribution < 1.29 is 9.90 Å². The van der Waals surface area contributed by atoms with E-state index in [2.05, 4.69) is 30.9 Å². The third-order valence-corrected chi connectivity index (χ3v) is 3.43. The number of rotatable bonds is 2. The van der Waals surface area contributed by atoms with Crippen LogP contribution in [-0.4, -0.2) is 26.0 Å². The number of fused-ring (bicyclic) bond motifs is 1. The molecule has 0 unspecified atom stereocenters. The van der Waals surface area contributed by atoms with E-state index in [1.807, 2.05) is 6.07 Å². The Balaban J connectivity index is 2.23. The van der Waals surface area contributed by atoms with Crippen LogP contribution in [0.3, 0.4) is 0 Å². The molecule has 0 fully saturated rings. The highest BCUT2D eigenvalue weighted by molar-refractivity contribution is 9.10. The molecular weight excluding hydrogens is 346 g/mol. The van der Waals surface area contributed by atoms with Crippen LogP contribution in [0.4, 0.5) is 0 Å². The fourth-order valence-electron chi connectivity index (χ4n) is 1.92. The van der Waals surface area contributed by atoms with Crippen LogP contribution in [0, 0.1) is 0 Å². The first-order valence-electron chi connectivity index (χ1n) is 5.59. The smallest absolute Gasteiger partial charge is 0.338 e. The van der Waals surface area contributed by atoms with Crippen molar-refractivity contribution in [3.63, 3.8) is 0 Å². The zero-order valence-corrected chi connectivity index (χ0v) is 12.2. The lowest BCUT2D eigenvalue weighted by atomic mass is 10.2. The van der Waals surface area contributed by atoms with Gasteiger partial charge in [-0.1, -0.05) is 27.5 Å². The molecule has 0 atom stereocenters. The van der Waals surface area contributed by atoms with Gasteiger partial charge in [-0.3, -0.25) is 0 Å². The minimum Gasteiger partial charge on any atom is -0.478 e. The van der Waals surface area contributed by atoms with Crippen LogP contribution in [0.15, 0.2) is 34.9 Å². The van der Waals surface area contributed by atoms with E-state index in [-0.39, 0.29) is 5.56 Å². The number of benzene rings is 1. The van der Waals surface area contributed by atoms with E-state index in [4.69, 9.17) is 16.7 Å². The molecule has 20 heavy (non-hydrogen) atoms. The molecule has 3 aromatic rings. The molecule has 3 rings (SSSR count). The first-order valence-corrected chi connectivity index (χ1v) is 6.76. The molecule has 7 heteroatoms. The maximum Gasteiger partial charge on any atom is 0.338 e. The van der Waals surface area contributed by atoms with Crippen molar-refractivity contribution >= 4 is 44.7 Å². The highest BCUT2D eigenvalue weighted by Gasteiger charge is 2.14. The second-order valence-electron chi connectivity index (χ2n) is 4.11. The van der Waals surface area contributed by atoms with Crippen LogP contribution in [0.5, 0.6) is 0 Å². The molecule has 2 heterocycles. The first-order chi connectivity index (χ1) is 9.54. The molecule has 0 aliphatic carbocycles. The van der Waals surface area contributed by atoms with Gasteiger partial charge in [-0.05, 0) is 24.3 Å². The van der Waals surface area contributed by atoms with Crippen molar-refractivity contribution in [1.82, 2.24) is 15.0 Å². The topological polar surface area (TPSA) is 78.9 Å². The molecule has 0 saturated heterocycles. The van der Waals surface area contributed by atoms with Crippen molar-refractivity contribution in [3.05, 3.63) is 45.5 Å². The Morgan fingerprint density at radius 3 is 2.85 bits per heavy atom. The summed E-state index contributed by atoms with van der Waals surface area (Å²) in [5, 5.41) is 9.70. The number of imidazole rings is 1. The normalized spacial score (nSPS) is 10.9. The molecule has 0 aliphatic rings. The van der Waals surface area contributed by atoms with Crippen molar-refractivity contribution in [2.24, 2.45) is 0 Å². The Bertz CT molecular complexity index is 811. The Morgan fingerprint density at radius 1 is 1.35 bits per heavy atom. The molecule has 0 aliphatic heterocycles. The molecule has 5 nitrogen and oxygen atoms in total. The predicted octanol–water partition coefficient (Wildman–Crippen LogP) is 3.74. The summed E-state index contributed by atoms with van der Waals surface area (Å²) in [6, 6.07) is 6.77. The van der Waals surface area contributed by atoms with E-state index in [0.29, 0.717) is 22.0 Å². The number of nitrogens with zero attached hydrogens (tertiary/aromatic N) is 2. The largest absolute Gasteiger partial charge is 0.478 e. The number of hydrogen-bond donors (Lipinski definition) is 2. The molecule has 0 amide bonds. The molecule has 1 aromatic carbocycles. The van der Waals surface area contributed by atoms with Crippen LogP contribution < -0.4 is 0 Å². The maximum atomic E-state index is 11.2. The second kappa shape index (κ2) is 4.88. The number of aromatic carboxylic acids is 1. The highest BCUT2D eigenvalue weighted by Crippen LogP contribution is 2.27. The standard InChI is InChI=1S/C13H7BrClN3O2/c14-7-3-6(4-8(15)5-7)11-17-10-9(13(19)20)1-2-16-12(10)18-11/h1-5H,(H,19,20)(H,16,17,18). The number of nitrogens with one attached hydrogen (secondary N) is 1. The lowest BCUT2D eigenvalue weighted by Crippen LogP contribution is -1.97. The van der Waals surface area contributed by atoms with E-state index in [1.165, 1.54) is 12.3 Å². The number of hydrogen-bond acceptors (Lipinski definition) is 3. The Kier molecular flexibility index (Phi) is 3.19. The monoisotopic (exact) mass is 351 g/mol. The van der Waals surface area contributed by atoms with Gasteiger partial charge in [0.2, 0.25) is 0 Å². The van der Waals surface area contributed by atoms with E-state index in [0.717, 1.165) is 10.0 Å². The summed E-state index contributed by atoms with van der Waals surface area (Å²) < 4.78 is 0.812. The van der Waals surface area contributed by atoms with Crippen molar-refractivity contribution in [2.75, 3.05) is 0 Å². The summed E-state index contributed by atoms with van der Waals surface area (Å²) in [4.78, 5) is 22.5. The molecule has 2 N–H and O–H groups in total. The zero-order valence-electron chi connectivity index (χ0n) is 9.89. The van der Waals surface area contributed by atoms with Gasteiger partial charge < -0.3 is 10.1 Å². The van der Waals surface area contributed by atoms with Crippen LogP contribution in [-0.2, 0) is 0 Å². The molecule has 100 valence electrons. The Hall–Kier alpha value is -1.92. The summed E-state index contributed by atoms with van der Waals surface area (Å²) in [6.07, 6.45) is 1.42. The number of aromatic nitrogens is 3. The Labute approximate surface area is 126 Å². The number of pyridine rings is 1. The molecule has 0 saturated carbocycles. The van der Waals surface area contributed by atoms with Crippen LogP contribution >= 0.6 is 27.5 Å². The van der Waals surface area contributed by atoms with Crippen molar-refractivity contribution in [2.45, 2.75) is 0 Å². The fraction of sp³-hybridized carbons (Fsp3) is 0. The van der Waals surface area contributed by atoms with E-state index in [1.54, 1.807) is 12.1 Å². The Morgan fingerprint density at radius 2 is 2.15 bits per heavy atom. The fourth-order valence-corrected chi connectivity index (χ4v) is 2.78. The van der Waals surface area contributed by atoms with Gasteiger partial charge in [-0.15, -0.1) is 0 Å². The van der Waals surface area contributed by atoms with E-state index in [9.17, 15) is 4.79 Å². The summed E-state index contributed by atoms with van der Waals surface area (Å²) in [6.45, 7) is 0. The predicted molar refractivity (Wildman–Crippen MR) is 79.0 cm³/mol. The number of carboxylic acids is 1. The third kappa shape index (κ3) is 2.28. The number of halogens is 2. The number of carboxylic acid groups (broad SMARTS) is 1. The van der Waals surface area contributed by atoms with Gasteiger partial charge in [0.25, 0.3) is 0 Å². The van der Waals surface area contributed by atoms with Gasteiger partial charge in [0, 0.05) is 21.3 Å². The van der Waals surface area contributed by atoms with E-state index >= 15 is 0 Å². The van der Waals surface area contributed by atoms with Gasteiger partial charge in [-0.2, -0.15) is 0 Å². The second-order valence-corrected chi connectivity index (χ2v) is 5.46. The summed E-state index contributed by atoms with van der Waals surface area (Å²) >= 11 is 9.35. The maximum absolute atomic E-state index is 11.2. The minimum absolute atomic E-state index is 0.134. The van der Waals surface area contributed by atoms with E-state index < -0.39 is 5.97 Å². The quantitative estimate of drug-likeness (QED) is 0.736. The average molecular weight is 353 g/mol. The number of carbonyl (C=O) groups is 1. The van der Waals surface area contributed by atoms with Gasteiger partial charge in [0.1, 0.15) is 5.82 Å². The molecule has 2 aromatic heterocycles. The van der Waals surface area contributed by atoms with Crippen LogP contribution in [0.2, 0.25) is 5.02 Å². The third-order valence-electron chi connectivity index (χ3n) is 2.76. The molecular formula is C13H7BrClN3O2. The highest BCUT2D eigenvalue weighted by atomic mass is 79.9. The minimum atomic E-state index is -1.03. The molecule has 0 radical (unpaired) electrons. The summed E-state index contributed by atoms with van der Waals surface area (Å²) in [5.74, 6) is -0.510. The van der Waals surface area contributed by atoms with Gasteiger partial charge >= 0.3 is 5.97 Å². The molecule has 0 spiro atoms. The zero-order chi connectivity index (χ0) is 14.3. The number of aromatic amines is 1. The average Bonchev–Trinajstić information content (AvgIpc) is 2.80. The SMILES string of the molecule is O=C(O)c1ccnc2nc(-c3cc(Cl)cc(Br)c3)[nH]c12. The van der Waals surface area contributed by atoms with Gasteiger partial charge in [0.15, 0.2) is 5.65 Å². The van der Waals surface area contributed by atoms with Gasteiger partial charge in [0.05, 0.1) is 11.1 Å². The van der Waals surface area contributed by atoms with Crippen LogP contribution in [0.1, 0.15) is 10.4 Å². The van der Waals surface area contributed by atoms with Gasteiger partial charge in [-0.25, -0.2) is 14.8 Å². The first kappa shape index (κ1) is 13.1.